The maximum absolute atomic E-state index is 14.5. The van der Waals surface area contributed by atoms with Gasteiger partial charge in [0.25, 0.3) is 0 Å². The third-order valence-corrected chi connectivity index (χ3v) is 12.9. The van der Waals surface area contributed by atoms with Crippen LogP contribution in [0.2, 0.25) is 0 Å². The molecule has 5 aliphatic carbocycles. The van der Waals surface area contributed by atoms with Crippen LogP contribution in [-0.2, 0) is 19.1 Å². The Morgan fingerprint density at radius 2 is 1.68 bits per heavy atom. The van der Waals surface area contributed by atoms with Gasteiger partial charge >= 0.3 is 5.97 Å². The van der Waals surface area contributed by atoms with E-state index in [4.69, 9.17) is 10.5 Å². The first-order valence-corrected chi connectivity index (χ1v) is 14.9. The summed E-state index contributed by atoms with van der Waals surface area (Å²) in [5, 5.41) is 0. The summed E-state index contributed by atoms with van der Waals surface area (Å²) in [5.41, 5.74) is 6.17. The van der Waals surface area contributed by atoms with Crippen LogP contribution < -0.4 is 5.73 Å². The van der Waals surface area contributed by atoms with Crippen molar-refractivity contribution in [3.63, 3.8) is 0 Å². The lowest BCUT2D eigenvalue weighted by atomic mass is 9.33. The first-order chi connectivity index (χ1) is 17.5. The van der Waals surface area contributed by atoms with Crippen molar-refractivity contribution in [1.29, 1.82) is 0 Å². The van der Waals surface area contributed by atoms with Crippen LogP contribution in [0.5, 0.6) is 0 Å². The fourth-order valence-corrected chi connectivity index (χ4v) is 10.6. The largest absolute Gasteiger partial charge is 0.466 e. The first-order valence-electron chi connectivity index (χ1n) is 14.9. The van der Waals surface area contributed by atoms with Crippen molar-refractivity contribution in [2.45, 2.75) is 107 Å². The number of carbonyl (C=O) groups excluding carboxylic acids is 3. The molecule has 4 saturated carbocycles. The van der Waals surface area contributed by atoms with E-state index in [1.807, 2.05) is 13.0 Å². The Labute approximate surface area is 229 Å². The highest BCUT2D eigenvalue weighted by Gasteiger charge is 2.71. The molecule has 0 bridgehead atoms. The van der Waals surface area contributed by atoms with Crippen LogP contribution in [0.3, 0.4) is 0 Å². The Morgan fingerprint density at radius 3 is 2.32 bits per heavy atom. The van der Waals surface area contributed by atoms with Gasteiger partial charge < -0.3 is 10.5 Å². The van der Waals surface area contributed by atoms with Gasteiger partial charge in [-0.05, 0) is 97.9 Å². The number of ether oxygens (including phenoxy) is 1. The standard InChI is InChI=1S/C33H49NO4/c1-9-38-27(37)33-14-12-28(2,3)18-21(33)25-22(35)16-24-30(6)17-20(19-34)26(36)29(4,5)23(30)10-11-31(24,7)32(25,8)13-15-33/h16,19,21,23,25H,9-15,17-18,34H2,1-8H3/t21-,23-,25?,30-,31+,32+,33-/m0/s1. The van der Waals surface area contributed by atoms with E-state index in [1.54, 1.807) is 0 Å². The number of carbonyl (C=O) groups is 3. The SMILES string of the molecule is CCOC(=O)[C@]12CCC(C)(C)C[C@H]1C1C(=O)C=C3[C@@]4(C)CC(=CN)C(=O)C(C)(C)[C@@H]4CC[C@@]3(C)[C@]1(C)CC2. The van der Waals surface area contributed by atoms with E-state index in [-0.39, 0.29) is 56.9 Å². The molecule has 0 radical (unpaired) electrons. The number of hydrogen-bond donors (Lipinski definition) is 1. The Bertz CT molecular complexity index is 1150. The molecule has 4 fully saturated rings. The fourth-order valence-electron chi connectivity index (χ4n) is 10.6. The maximum Gasteiger partial charge on any atom is 0.312 e. The van der Waals surface area contributed by atoms with E-state index in [0.29, 0.717) is 18.6 Å². The molecule has 0 aromatic rings. The van der Waals surface area contributed by atoms with Crippen molar-refractivity contribution in [2.24, 2.45) is 56.0 Å². The van der Waals surface area contributed by atoms with Gasteiger partial charge in [-0.25, -0.2) is 0 Å². The summed E-state index contributed by atoms with van der Waals surface area (Å²) in [4.78, 5) is 41.5. The second-order valence-corrected chi connectivity index (χ2v) is 15.5. The molecule has 2 N–H and O–H groups in total. The number of rotatable bonds is 2. The number of nitrogens with two attached hydrogens (primary N) is 1. The number of allylic oxidation sites excluding steroid dienone is 3. The number of hydrogen-bond acceptors (Lipinski definition) is 5. The zero-order chi connectivity index (χ0) is 28.1. The van der Waals surface area contributed by atoms with Crippen LogP contribution in [-0.4, -0.2) is 24.1 Å². The summed E-state index contributed by atoms with van der Waals surface area (Å²) in [7, 11) is 0. The highest BCUT2D eigenvalue weighted by atomic mass is 16.5. The van der Waals surface area contributed by atoms with E-state index >= 15 is 0 Å². The highest BCUT2D eigenvalue weighted by molar-refractivity contribution is 6.01. The Balaban J connectivity index is 1.66. The Morgan fingerprint density at radius 1 is 1.03 bits per heavy atom. The molecular formula is C33H49NO4. The summed E-state index contributed by atoms with van der Waals surface area (Å²) < 4.78 is 5.72. The molecule has 5 heteroatoms. The third kappa shape index (κ3) is 3.32. The molecule has 7 atom stereocenters. The van der Waals surface area contributed by atoms with Crippen LogP contribution in [0.1, 0.15) is 107 Å². The smallest absolute Gasteiger partial charge is 0.312 e. The normalized spacial score (nSPS) is 46.3. The number of esters is 1. The lowest BCUT2D eigenvalue weighted by Crippen LogP contribution is -2.66. The van der Waals surface area contributed by atoms with Gasteiger partial charge in [-0.15, -0.1) is 0 Å². The van der Waals surface area contributed by atoms with Gasteiger partial charge in [0.2, 0.25) is 0 Å². The van der Waals surface area contributed by atoms with Crippen LogP contribution >= 0.6 is 0 Å². The zero-order valence-electron chi connectivity index (χ0n) is 25.0. The van der Waals surface area contributed by atoms with Crippen LogP contribution in [0, 0.1) is 50.2 Å². The second kappa shape index (κ2) is 8.30. The van der Waals surface area contributed by atoms with Gasteiger partial charge in [-0.2, -0.15) is 0 Å². The van der Waals surface area contributed by atoms with E-state index in [0.717, 1.165) is 44.9 Å². The van der Waals surface area contributed by atoms with Gasteiger partial charge in [0.05, 0.1) is 12.0 Å². The number of Topliss-reactive ketones (excluding diaryl/α,β-unsaturated/α-hetero) is 1. The minimum atomic E-state index is -0.567. The zero-order valence-corrected chi connectivity index (χ0v) is 25.0. The van der Waals surface area contributed by atoms with Crippen molar-refractivity contribution in [1.82, 2.24) is 0 Å². The molecule has 0 saturated heterocycles. The van der Waals surface area contributed by atoms with Crippen LogP contribution in [0.25, 0.3) is 0 Å². The van der Waals surface area contributed by atoms with Crippen molar-refractivity contribution in [3.8, 4) is 0 Å². The molecular weight excluding hydrogens is 474 g/mol. The predicted octanol–water partition coefficient (Wildman–Crippen LogP) is 6.55. The molecule has 0 aromatic carbocycles. The average Bonchev–Trinajstić information content (AvgIpc) is 2.82. The van der Waals surface area contributed by atoms with Gasteiger partial charge in [-0.3, -0.25) is 14.4 Å². The summed E-state index contributed by atoms with van der Waals surface area (Å²) >= 11 is 0. The van der Waals surface area contributed by atoms with Crippen molar-refractivity contribution in [2.75, 3.05) is 6.61 Å². The van der Waals surface area contributed by atoms with Gasteiger partial charge in [0.15, 0.2) is 11.6 Å². The highest BCUT2D eigenvalue weighted by Crippen LogP contribution is 2.75. The van der Waals surface area contributed by atoms with Crippen molar-refractivity contribution < 1.29 is 19.1 Å². The molecule has 0 spiro atoms. The Kier molecular flexibility index (Phi) is 6.04. The molecule has 0 heterocycles. The van der Waals surface area contributed by atoms with E-state index < -0.39 is 10.8 Å². The average molecular weight is 524 g/mol. The summed E-state index contributed by atoms with van der Waals surface area (Å²) in [5.74, 6) is 0.202. The molecule has 5 nitrogen and oxygen atoms in total. The van der Waals surface area contributed by atoms with E-state index in [9.17, 15) is 14.4 Å². The number of ketones is 2. The third-order valence-electron chi connectivity index (χ3n) is 12.9. The van der Waals surface area contributed by atoms with Gasteiger partial charge in [0, 0.05) is 23.1 Å². The second-order valence-electron chi connectivity index (χ2n) is 15.5. The topological polar surface area (TPSA) is 86.5 Å². The van der Waals surface area contributed by atoms with Crippen LogP contribution in [0.15, 0.2) is 23.4 Å². The molecule has 5 rings (SSSR count). The fraction of sp³-hybridized carbons (Fsp3) is 0.788. The van der Waals surface area contributed by atoms with Crippen molar-refractivity contribution >= 4 is 17.5 Å². The minimum Gasteiger partial charge on any atom is -0.466 e. The van der Waals surface area contributed by atoms with E-state index in [1.165, 1.54) is 11.8 Å². The molecule has 0 amide bonds. The van der Waals surface area contributed by atoms with Crippen molar-refractivity contribution in [3.05, 3.63) is 23.4 Å². The predicted molar refractivity (Wildman–Crippen MR) is 149 cm³/mol. The van der Waals surface area contributed by atoms with Crippen LogP contribution in [0.4, 0.5) is 0 Å². The summed E-state index contributed by atoms with van der Waals surface area (Å²) in [6.45, 7) is 18.0. The quantitative estimate of drug-likeness (QED) is 0.327. The molecule has 0 aromatic heterocycles. The summed E-state index contributed by atoms with van der Waals surface area (Å²) in [6.07, 6.45) is 10.3. The van der Waals surface area contributed by atoms with Gasteiger partial charge in [0.1, 0.15) is 0 Å². The first kappa shape index (κ1) is 27.6. The molecule has 38 heavy (non-hydrogen) atoms. The van der Waals surface area contributed by atoms with E-state index in [2.05, 4.69) is 48.5 Å². The molecule has 1 unspecified atom stereocenters. The monoisotopic (exact) mass is 523 g/mol. The summed E-state index contributed by atoms with van der Waals surface area (Å²) in [6, 6.07) is 0. The molecule has 5 aliphatic rings. The lowest BCUT2D eigenvalue weighted by molar-refractivity contribution is -0.193. The minimum absolute atomic E-state index is 0.0134. The van der Waals surface area contributed by atoms with Gasteiger partial charge in [-0.1, -0.05) is 54.0 Å². The molecule has 0 aliphatic heterocycles. The molecule has 210 valence electrons. The maximum atomic E-state index is 14.5. The Hall–Kier alpha value is -1.91. The number of fused-ring (bicyclic) bond motifs is 7. The lowest BCUT2D eigenvalue weighted by Gasteiger charge is -2.69.